The van der Waals surface area contributed by atoms with E-state index in [0.717, 1.165) is 78.6 Å². The second kappa shape index (κ2) is 61.1. The molecule has 0 radical (unpaired) electrons. The van der Waals surface area contributed by atoms with Crippen LogP contribution in [-0.2, 0) is 0 Å². The molecule has 0 aliphatic carbocycles. The van der Waals surface area contributed by atoms with Gasteiger partial charge in [-0.25, -0.2) is 0 Å². The molecule has 0 bridgehead atoms. The molecule has 0 aliphatic heterocycles. The zero-order valence-corrected chi connectivity index (χ0v) is 65.3. The first-order valence-corrected chi connectivity index (χ1v) is 33.4. The van der Waals surface area contributed by atoms with E-state index in [0.29, 0.717) is 11.8 Å². The Morgan fingerprint density at radius 2 is 0.545 bits per heavy atom. The number of unbranched alkanes of at least 4 members (excludes halogenated alkanes) is 4. The van der Waals surface area contributed by atoms with Gasteiger partial charge < -0.3 is 0 Å². The number of hydrogen-bond donors (Lipinski definition) is 0. The van der Waals surface area contributed by atoms with Gasteiger partial charge in [0.05, 0.1) is 11.3 Å². The van der Waals surface area contributed by atoms with Crippen molar-refractivity contribution in [3.8, 4) is 0 Å². The van der Waals surface area contributed by atoms with Crippen LogP contribution in [0.5, 0.6) is 0 Å². The standard InChI is InChI=1S/C6H8F6.2C6H11F3.3C6H14.C5H6F6.2C5H9F3.2C5H12.2C4H7F3/c1-2-3-4(5(7,8)9)6(10,11)12;1-5(2)3-4-6(7,8)9;1-2-3-4-5-6(7,8)9;1-5-6(2,3)4;1-5(2)6(3)4;1-4-5-6(2)3;1-3(2,4(6,7)8)5(9,10)11;1-4(2,3)5(6,7)8;1-3-4(2)5(6,7)8;1-4-5(2)3;1-3-5-4-2;2*1-3(2)4(5,6)7/h4H,2-3H2,1H3;5H,3-4H2,1-2H3;2-5H2,1H3;5H2,1-4H3;5-6H,1-4H3;6H,4-5H2,1-3H3;1-2H3;1-3H3;4H,3H2,1-2H3;5H,4H2,1-3H3;3-5H2,1-2H3;2*3H,1-2H3/i;;;;;;;;;;;3D;. The quantitative estimate of drug-likeness (QED) is 0.120. The molecule has 0 N–H and O–H groups in total. The van der Waals surface area contributed by atoms with Crippen molar-refractivity contribution in [2.75, 3.05) is 0 Å². The zero-order chi connectivity index (χ0) is 84.9. The molecule has 0 saturated carbocycles. The summed E-state index contributed by atoms with van der Waals surface area (Å²) >= 11 is 0. The fourth-order valence-electron chi connectivity index (χ4n) is 3.15. The summed E-state index contributed by atoms with van der Waals surface area (Å²) in [5.74, 6) is -4.20. The molecule has 99 heavy (non-hydrogen) atoms. The van der Waals surface area contributed by atoms with E-state index in [4.69, 9.17) is 1.37 Å². The molecule has 0 saturated heterocycles. The van der Waals surface area contributed by atoms with Crippen molar-refractivity contribution in [1.29, 1.82) is 0 Å². The van der Waals surface area contributed by atoms with E-state index in [1.165, 1.54) is 65.7 Å². The van der Waals surface area contributed by atoms with E-state index in [2.05, 4.69) is 111 Å². The van der Waals surface area contributed by atoms with Gasteiger partial charge in [0.25, 0.3) is 0 Å². The van der Waals surface area contributed by atoms with Crippen LogP contribution in [0, 0.1) is 69.5 Å². The van der Waals surface area contributed by atoms with Crippen molar-refractivity contribution >= 4 is 0 Å². The minimum atomic E-state index is -5.24. The van der Waals surface area contributed by atoms with Crippen molar-refractivity contribution in [3.63, 3.8) is 0 Å². The second-order valence-electron chi connectivity index (χ2n) is 28.2. The molecule has 0 aromatic carbocycles. The number of hydrogen-bond acceptors (Lipinski definition) is 0. The topological polar surface area (TPSA) is 0 Å². The first kappa shape index (κ1) is 124. The summed E-state index contributed by atoms with van der Waals surface area (Å²) in [5, 5.41) is 0. The molecule has 1 unspecified atom stereocenters. The second-order valence-corrected chi connectivity index (χ2v) is 28.2. The van der Waals surface area contributed by atoms with E-state index in [-0.39, 0.29) is 45.4 Å². The van der Waals surface area contributed by atoms with Crippen LogP contribution in [0.25, 0.3) is 0 Å². The van der Waals surface area contributed by atoms with Gasteiger partial charge in [0.1, 0.15) is 0 Å². The van der Waals surface area contributed by atoms with Crippen LogP contribution < -0.4 is 0 Å². The molecule has 0 heterocycles. The minimum Gasteiger partial charge on any atom is -0.171 e. The van der Waals surface area contributed by atoms with Gasteiger partial charge in [-0.15, -0.1) is 0 Å². The fourth-order valence-corrected chi connectivity index (χ4v) is 3.15. The highest BCUT2D eigenvalue weighted by Gasteiger charge is 2.64. The van der Waals surface area contributed by atoms with Crippen molar-refractivity contribution in [1.82, 2.24) is 0 Å². The monoisotopic (exact) mass is 1530 g/mol. The molecule has 620 valence electrons. The fraction of sp³-hybridized carbons (Fsp3) is 1.00. The summed E-state index contributed by atoms with van der Waals surface area (Å²) in [7, 11) is 0. The molecule has 0 nitrogen and oxygen atoms in total. The van der Waals surface area contributed by atoms with Crippen LogP contribution >= 0.6 is 0 Å². The third-order valence-electron chi connectivity index (χ3n) is 12.9. The predicted octanol–water partition coefficient (Wildman–Crippen LogP) is 33.8. The third-order valence-corrected chi connectivity index (χ3v) is 12.9. The number of alkyl halides is 30. The molecule has 0 aromatic rings. The van der Waals surface area contributed by atoms with E-state index < -0.39 is 116 Å². The van der Waals surface area contributed by atoms with Crippen molar-refractivity contribution in [2.24, 2.45) is 69.5 Å². The maximum atomic E-state index is 11.7. The molecule has 0 aliphatic rings. The van der Waals surface area contributed by atoms with Crippen LogP contribution in [0.1, 0.15) is 319 Å². The summed E-state index contributed by atoms with van der Waals surface area (Å²) in [4.78, 5) is 0. The lowest BCUT2D eigenvalue weighted by Gasteiger charge is -2.29. The summed E-state index contributed by atoms with van der Waals surface area (Å²) in [6, 6.07) is 0. The highest BCUT2D eigenvalue weighted by Crippen LogP contribution is 2.49. The summed E-state index contributed by atoms with van der Waals surface area (Å²) in [5.41, 5.74) is -4.65. The smallest absolute Gasteiger partial charge is 0.171 e. The Morgan fingerprint density at radius 3 is 0.596 bits per heavy atom. The lowest BCUT2D eigenvalue weighted by atomic mass is 9.92. The SMILES string of the molecule is CC(C)(C(F)(F)F)C(F)(F)F.CC(C)(C)C(F)(F)F.CC(C)C(C)C.CC(C)C(F)(F)F.CC(C)CCC(F)(F)F.CCC(C)(C)C.CCC(C)C.CCC(C)C(F)(F)F.CCCC(C(F)(F)F)C(F)(F)F.CCCC(C)C.CCCCC.CCCCCC(F)(F)F.[2H]C(C)(C)C(F)(F)F. The Kier molecular flexibility index (Phi) is 76.3. The largest absolute Gasteiger partial charge is 0.402 e. The highest BCUT2D eigenvalue weighted by atomic mass is 19.5. The normalized spacial score (nSPS) is 13.1. The number of rotatable bonds is 14. The number of halogens is 30. The molecule has 0 amide bonds. The van der Waals surface area contributed by atoms with Gasteiger partial charge in [0.15, 0.2) is 11.3 Å². The van der Waals surface area contributed by atoms with Gasteiger partial charge in [0, 0.05) is 26.0 Å². The summed E-state index contributed by atoms with van der Waals surface area (Å²) in [6.45, 7) is 52.7. The molecule has 1 atom stereocenters. The first-order chi connectivity index (χ1) is 43.3. The molecule has 0 fully saturated rings. The maximum Gasteiger partial charge on any atom is 0.402 e. The third kappa shape index (κ3) is 115. The molecular weight excluding hydrogens is 1400 g/mol. The molecule has 0 spiro atoms. The summed E-state index contributed by atoms with van der Waals surface area (Å²) in [6.07, 6.45) is -35.9. The predicted molar refractivity (Wildman–Crippen MR) is 349 cm³/mol. The lowest BCUT2D eigenvalue weighted by Crippen LogP contribution is -2.44. The Labute approximate surface area is 580 Å². The van der Waals surface area contributed by atoms with Crippen molar-refractivity contribution < 1.29 is 133 Å². The van der Waals surface area contributed by atoms with Crippen LogP contribution in [-0.4, -0.2) is 61.8 Å². The Balaban J connectivity index is -0.0000000751. The average Bonchev–Trinajstić information content (AvgIpc) is 0.796. The van der Waals surface area contributed by atoms with E-state index in [9.17, 15) is 132 Å². The van der Waals surface area contributed by atoms with Gasteiger partial charge in [-0.05, 0) is 74.5 Å². The van der Waals surface area contributed by atoms with E-state index >= 15 is 0 Å². The molecular formula is C69H134F30. The maximum absolute atomic E-state index is 11.7. The van der Waals surface area contributed by atoms with E-state index in [1.807, 2.05) is 6.92 Å². The molecule has 0 rings (SSSR count). The Hall–Kier alpha value is -2.10. The first-order valence-electron chi connectivity index (χ1n) is 33.9. The Morgan fingerprint density at radius 1 is 0.293 bits per heavy atom. The molecule has 0 aromatic heterocycles. The molecule has 30 heteroatoms. The lowest BCUT2D eigenvalue weighted by molar-refractivity contribution is -0.327. The Bertz CT molecular complexity index is 1590. The van der Waals surface area contributed by atoms with Crippen LogP contribution in [0.15, 0.2) is 0 Å². The average molecular weight is 1530 g/mol. The van der Waals surface area contributed by atoms with Crippen LogP contribution in [0.2, 0.25) is 0 Å². The highest BCUT2D eigenvalue weighted by molar-refractivity contribution is 4.84. The van der Waals surface area contributed by atoms with Crippen LogP contribution in [0.3, 0.4) is 0 Å². The van der Waals surface area contributed by atoms with Crippen molar-refractivity contribution in [2.45, 2.75) is 379 Å². The van der Waals surface area contributed by atoms with Crippen molar-refractivity contribution in [3.05, 3.63) is 0 Å². The van der Waals surface area contributed by atoms with Gasteiger partial charge in [-0.3, -0.25) is 0 Å². The van der Waals surface area contributed by atoms with Crippen LogP contribution in [0.4, 0.5) is 132 Å². The van der Waals surface area contributed by atoms with Gasteiger partial charge >= 0.3 is 61.8 Å². The van der Waals surface area contributed by atoms with Gasteiger partial charge in [-0.1, -0.05) is 265 Å². The van der Waals surface area contributed by atoms with Gasteiger partial charge in [0.2, 0.25) is 0 Å². The zero-order valence-electron chi connectivity index (χ0n) is 66.3. The minimum absolute atomic E-state index is 0.104. The summed E-state index contributed by atoms with van der Waals surface area (Å²) < 4.78 is 351. The van der Waals surface area contributed by atoms with E-state index in [1.54, 1.807) is 13.8 Å². The van der Waals surface area contributed by atoms with Gasteiger partial charge in [-0.2, -0.15) is 132 Å².